The topological polar surface area (TPSA) is 52.6 Å². The van der Waals surface area contributed by atoms with E-state index in [1.54, 1.807) is 12.1 Å². The summed E-state index contributed by atoms with van der Waals surface area (Å²) >= 11 is 5.71. The molecule has 0 aliphatic rings. The molecule has 0 atom stereocenters. The third-order valence-corrected chi connectivity index (χ3v) is 2.13. The summed E-state index contributed by atoms with van der Waals surface area (Å²) in [7, 11) is 1.31. The quantitative estimate of drug-likeness (QED) is 0.586. The molecule has 4 nitrogen and oxygen atoms in total. The van der Waals surface area contributed by atoms with Gasteiger partial charge in [0.1, 0.15) is 5.75 Å². The molecule has 0 bridgehead atoms. The maximum atomic E-state index is 10.8. The van der Waals surface area contributed by atoms with E-state index in [1.807, 2.05) is 0 Å². The van der Waals surface area contributed by atoms with Crippen molar-refractivity contribution in [2.24, 2.45) is 0 Å². The fourth-order valence-electron chi connectivity index (χ4n) is 1.09. The van der Waals surface area contributed by atoms with E-state index in [9.17, 15) is 9.59 Å². The van der Waals surface area contributed by atoms with Crippen molar-refractivity contribution in [3.05, 3.63) is 28.8 Å². The Kier molecular flexibility index (Phi) is 4.79. The SMILES string of the molecule is COC(=O)CCOc1ccc(Cl)cc1C=O. The van der Waals surface area contributed by atoms with Gasteiger partial charge in [-0.2, -0.15) is 0 Å². The number of carbonyl (C=O) groups is 2. The van der Waals surface area contributed by atoms with E-state index in [2.05, 4.69) is 4.74 Å². The molecule has 0 amide bonds. The molecular weight excluding hydrogens is 232 g/mol. The van der Waals surface area contributed by atoms with Gasteiger partial charge >= 0.3 is 5.97 Å². The zero-order valence-corrected chi connectivity index (χ0v) is 9.49. The predicted molar refractivity (Wildman–Crippen MR) is 59.0 cm³/mol. The van der Waals surface area contributed by atoms with Crippen LogP contribution in [0.2, 0.25) is 5.02 Å². The number of ether oxygens (including phenoxy) is 2. The lowest BCUT2D eigenvalue weighted by Gasteiger charge is -2.07. The van der Waals surface area contributed by atoms with Crippen molar-refractivity contribution >= 4 is 23.9 Å². The third kappa shape index (κ3) is 3.55. The van der Waals surface area contributed by atoms with Crippen LogP contribution in [0.1, 0.15) is 16.8 Å². The van der Waals surface area contributed by atoms with E-state index < -0.39 is 0 Å². The van der Waals surface area contributed by atoms with E-state index >= 15 is 0 Å². The van der Waals surface area contributed by atoms with Gasteiger partial charge in [0.25, 0.3) is 0 Å². The highest BCUT2D eigenvalue weighted by atomic mass is 35.5. The Balaban J connectivity index is 2.60. The maximum Gasteiger partial charge on any atom is 0.308 e. The second-order valence-corrected chi connectivity index (χ2v) is 3.41. The smallest absolute Gasteiger partial charge is 0.308 e. The number of esters is 1. The number of carbonyl (C=O) groups excluding carboxylic acids is 2. The van der Waals surface area contributed by atoms with Crippen LogP contribution < -0.4 is 4.74 Å². The molecule has 16 heavy (non-hydrogen) atoms. The van der Waals surface area contributed by atoms with Gasteiger partial charge in [-0.05, 0) is 18.2 Å². The van der Waals surface area contributed by atoms with Gasteiger partial charge < -0.3 is 9.47 Å². The number of hydrogen-bond donors (Lipinski definition) is 0. The standard InChI is InChI=1S/C11H11ClO4/c1-15-11(14)4-5-16-10-3-2-9(12)6-8(10)7-13/h2-3,6-7H,4-5H2,1H3. The van der Waals surface area contributed by atoms with Gasteiger partial charge in [-0.25, -0.2) is 0 Å². The van der Waals surface area contributed by atoms with E-state index in [0.717, 1.165) is 0 Å². The Bertz CT molecular complexity index is 390. The van der Waals surface area contributed by atoms with Crippen LogP contribution in [0.25, 0.3) is 0 Å². The van der Waals surface area contributed by atoms with Gasteiger partial charge in [0.2, 0.25) is 0 Å². The molecule has 5 heteroatoms. The fraction of sp³-hybridized carbons (Fsp3) is 0.273. The Morgan fingerprint density at radius 1 is 1.50 bits per heavy atom. The molecule has 86 valence electrons. The first-order valence-corrected chi connectivity index (χ1v) is 4.99. The van der Waals surface area contributed by atoms with Crippen molar-refractivity contribution in [3.63, 3.8) is 0 Å². The first kappa shape index (κ1) is 12.5. The van der Waals surface area contributed by atoms with Crippen LogP contribution >= 0.6 is 11.6 Å². The van der Waals surface area contributed by atoms with Gasteiger partial charge in [0, 0.05) is 5.02 Å². The summed E-state index contributed by atoms with van der Waals surface area (Å²) in [6, 6.07) is 4.70. The lowest BCUT2D eigenvalue weighted by atomic mass is 10.2. The first-order valence-electron chi connectivity index (χ1n) is 4.61. The van der Waals surface area contributed by atoms with Crippen LogP contribution in [0.15, 0.2) is 18.2 Å². The molecule has 0 aromatic heterocycles. The number of benzene rings is 1. The first-order chi connectivity index (χ1) is 7.67. The summed E-state index contributed by atoms with van der Waals surface area (Å²) in [6.45, 7) is 0.162. The zero-order chi connectivity index (χ0) is 12.0. The molecule has 1 aromatic rings. The lowest BCUT2D eigenvalue weighted by molar-refractivity contribution is -0.141. The Hall–Kier alpha value is -1.55. The molecule has 0 saturated carbocycles. The highest BCUT2D eigenvalue weighted by Crippen LogP contribution is 2.21. The van der Waals surface area contributed by atoms with Crippen molar-refractivity contribution in [3.8, 4) is 5.75 Å². The van der Waals surface area contributed by atoms with Gasteiger partial charge in [-0.3, -0.25) is 9.59 Å². The van der Waals surface area contributed by atoms with Crippen LogP contribution in [0.5, 0.6) is 5.75 Å². The summed E-state index contributed by atoms with van der Waals surface area (Å²) < 4.78 is 9.72. The van der Waals surface area contributed by atoms with Crippen molar-refractivity contribution in [1.82, 2.24) is 0 Å². The van der Waals surface area contributed by atoms with Gasteiger partial charge in [0.15, 0.2) is 6.29 Å². The van der Waals surface area contributed by atoms with E-state index in [4.69, 9.17) is 16.3 Å². The number of halogens is 1. The highest BCUT2D eigenvalue weighted by Gasteiger charge is 2.05. The zero-order valence-electron chi connectivity index (χ0n) is 8.73. The molecule has 0 aliphatic carbocycles. The monoisotopic (exact) mass is 242 g/mol. The van der Waals surface area contributed by atoms with Crippen LogP contribution in [0, 0.1) is 0 Å². The summed E-state index contributed by atoms with van der Waals surface area (Å²) in [4.78, 5) is 21.5. The van der Waals surface area contributed by atoms with Crippen molar-refractivity contribution < 1.29 is 19.1 Å². The minimum absolute atomic E-state index is 0.136. The van der Waals surface area contributed by atoms with Gasteiger partial charge in [-0.1, -0.05) is 11.6 Å². The summed E-state index contributed by atoms with van der Waals surface area (Å²) in [5.74, 6) is 0.0462. The van der Waals surface area contributed by atoms with Crippen LogP contribution in [-0.4, -0.2) is 26.0 Å². The second-order valence-electron chi connectivity index (χ2n) is 2.97. The molecule has 0 N–H and O–H groups in total. The molecule has 1 rings (SSSR count). The minimum atomic E-state index is -0.360. The summed E-state index contributed by atoms with van der Waals surface area (Å²) in [6.07, 6.45) is 0.788. The average Bonchev–Trinajstić information content (AvgIpc) is 2.30. The van der Waals surface area contributed by atoms with Gasteiger partial charge in [-0.15, -0.1) is 0 Å². The number of aldehydes is 1. The Morgan fingerprint density at radius 2 is 2.25 bits per heavy atom. The highest BCUT2D eigenvalue weighted by molar-refractivity contribution is 6.30. The van der Waals surface area contributed by atoms with E-state index in [-0.39, 0.29) is 19.0 Å². The van der Waals surface area contributed by atoms with E-state index in [0.29, 0.717) is 22.6 Å². The number of rotatable bonds is 5. The van der Waals surface area contributed by atoms with Gasteiger partial charge in [0.05, 0.1) is 25.7 Å². The molecular formula is C11H11ClO4. The third-order valence-electron chi connectivity index (χ3n) is 1.89. The van der Waals surface area contributed by atoms with Crippen molar-refractivity contribution in [2.45, 2.75) is 6.42 Å². The predicted octanol–water partition coefficient (Wildman–Crippen LogP) is 2.09. The lowest BCUT2D eigenvalue weighted by Crippen LogP contribution is -2.08. The van der Waals surface area contributed by atoms with Crippen molar-refractivity contribution in [2.75, 3.05) is 13.7 Å². The second kappa shape index (κ2) is 6.12. The van der Waals surface area contributed by atoms with Crippen LogP contribution in [-0.2, 0) is 9.53 Å². The largest absolute Gasteiger partial charge is 0.492 e. The molecule has 0 saturated heterocycles. The van der Waals surface area contributed by atoms with E-state index in [1.165, 1.54) is 13.2 Å². The summed E-state index contributed by atoms with van der Waals surface area (Å²) in [5.41, 5.74) is 0.359. The number of hydrogen-bond acceptors (Lipinski definition) is 4. The molecule has 0 radical (unpaired) electrons. The normalized spacial score (nSPS) is 9.62. The molecule has 0 aliphatic heterocycles. The van der Waals surface area contributed by atoms with Crippen LogP contribution in [0.3, 0.4) is 0 Å². The molecule has 0 unspecified atom stereocenters. The summed E-state index contributed by atoms with van der Waals surface area (Å²) in [5, 5.41) is 0.461. The average molecular weight is 243 g/mol. The molecule has 0 heterocycles. The van der Waals surface area contributed by atoms with Crippen LogP contribution in [0.4, 0.5) is 0 Å². The molecule has 0 spiro atoms. The Labute approximate surface area is 98.1 Å². The number of methoxy groups -OCH3 is 1. The Morgan fingerprint density at radius 3 is 2.88 bits per heavy atom. The fourth-order valence-corrected chi connectivity index (χ4v) is 1.27. The minimum Gasteiger partial charge on any atom is -0.492 e. The maximum absolute atomic E-state index is 10.8. The molecule has 0 fully saturated rings. The molecule has 1 aromatic carbocycles. The van der Waals surface area contributed by atoms with Crippen molar-refractivity contribution in [1.29, 1.82) is 0 Å².